The van der Waals surface area contributed by atoms with Crippen LogP contribution >= 0.6 is 27.5 Å². The second-order valence-electron chi connectivity index (χ2n) is 8.30. The number of nitrogens with one attached hydrogen (secondary N) is 2. The number of hydrogen-bond donors (Lipinski definition) is 2. The standard InChI is InChI=1S/C25H23BrClN7O2/c1-2-3-8-21-29-24(27)20(11-28-14-35)34(21)12-18-15-9-10-36-13-19(15)23(26)22(18)16-6-4-5-7-17(16)25-30-32-33-31-25/h4-7,9-10,13-14H,2-3,8,11-12H2,1H3,(H,28,35)(H,30,31,32,33). The van der Waals surface area contributed by atoms with Crippen LogP contribution in [0.15, 0.2) is 51.7 Å². The Bertz CT molecular complexity index is 1460. The van der Waals surface area contributed by atoms with Gasteiger partial charge in [-0.05, 0) is 55.5 Å². The third kappa shape index (κ3) is 4.42. The maximum absolute atomic E-state index is 11.1. The van der Waals surface area contributed by atoms with Gasteiger partial charge in [0.2, 0.25) is 6.41 Å². The molecule has 0 unspecified atom stereocenters. The highest BCUT2D eigenvalue weighted by Gasteiger charge is 2.27. The molecule has 5 rings (SSSR count). The number of aromatic amines is 1. The minimum atomic E-state index is 0.284. The Morgan fingerprint density at radius 1 is 1.19 bits per heavy atom. The van der Waals surface area contributed by atoms with Crippen LogP contribution in [0.3, 0.4) is 0 Å². The number of H-pyrrole nitrogens is 1. The van der Waals surface area contributed by atoms with Gasteiger partial charge in [0.1, 0.15) is 5.82 Å². The smallest absolute Gasteiger partial charge is 0.207 e. The zero-order valence-corrected chi connectivity index (χ0v) is 21.8. The van der Waals surface area contributed by atoms with Gasteiger partial charge in [-0.3, -0.25) is 4.79 Å². The number of rotatable bonds is 10. The van der Waals surface area contributed by atoms with E-state index in [-0.39, 0.29) is 6.54 Å². The van der Waals surface area contributed by atoms with E-state index in [4.69, 9.17) is 16.0 Å². The monoisotopic (exact) mass is 567 g/mol. The van der Waals surface area contributed by atoms with Crippen LogP contribution in [0.5, 0.6) is 0 Å². The van der Waals surface area contributed by atoms with Gasteiger partial charge in [-0.25, -0.2) is 10.1 Å². The zero-order chi connectivity index (χ0) is 25.1. The normalized spacial score (nSPS) is 11.3. The van der Waals surface area contributed by atoms with Crippen LogP contribution < -0.4 is 5.32 Å². The molecule has 2 aliphatic rings. The van der Waals surface area contributed by atoms with Gasteiger partial charge in [0.15, 0.2) is 11.0 Å². The first-order chi connectivity index (χ1) is 17.6. The van der Waals surface area contributed by atoms with Crippen molar-refractivity contribution in [1.29, 1.82) is 0 Å². The maximum atomic E-state index is 11.1. The Hall–Kier alpha value is -3.50. The van der Waals surface area contributed by atoms with Crippen molar-refractivity contribution in [2.24, 2.45) is 0 Å². The molecule has 2 aromatic heterocycles. The van der Waals surface area contributed by atoms with Crippen molar-refractivity contribution in [3.63, 3.8) is 0 Å². The summed E-state index contributed by atoms with van der Waals surface area (Å²) in [5.41, 5.74) is 6.64. The molecule has 0 saturated heterocycles. The first-order valence-electron chi connectivity index (χ1n) is 11.5. The van der Waals surface area contributed by atoms with Gasteiger partial charge in [0.25, 0.3) is 0 Å². The lowest BCUT2D eigenvalue weighted by atomic mass is 9.97. The number of carbonyl (C=O) groups excluding carboxylic acids is 1. The lowest BCUT2D eigenvalue weighted by Crippen LogP contribution is -2.16. The fraction of sp³-hybridized carbons (Fsp3) is 0.240. The van der Waals surface area contributed by atoms with Crippen LogP contribution in [0.4, 0.5) is 0 Å². The highest BCUT2D eigenvalue weighted by atomic mass is 79.9. The SMILES string of the molecule is CCCCc1nc(Cl)c(CNC=O)n1Cc1c2ccocc-2c(Br)c1-c1ccccc1-c1nnn[nH]1. The number of imidazole rings is 1. The van der Waals surface area contributed by atoms with Crippen LogP contribution in [-0.4, -0.2) is 36.6 Å². The molecule has 0 spiro atoms. The summed E-state index contributed by atoms with van der Waals surface area (Å²) < 4.78 is 8.55. The summed E-state index contributed by atoms with van der Waals surface area (Å²) in [5.74, 6) is 1.46. The molecule has 1 amide bonds. The summed E-state index contributed by atoms with van der Waals surface area (Å²) in [6, 6.07) is 9.93. The molecule has 36 heavy (non-hydrogen) atoms. The van der Waals surface area contributed by atoms with Gasteiger partial charge >= 0.3 is 0 Å². The second-order valence-corrected chi connectivity index (χ2v) is 9.45. The van der Waals surface area contributed by atoms with Crippen LogP contribution in [0.25, 0.3) is 33.6 Å². The van der Waals surface area contributed by atoms with Gasteiger partial charge in [0.05, 0.1) is 31.3 Å². The fourth-order valence-corrected chi connectivity index (χ4v) is 5.54. The van der Waals surface area contributed by atoms with E-state index in [0.29, 0.717) is 23.9 Å². The molecule has 9 nitrogen and oxygen atoms in total. The highest BCUT2D eigenvalue weighted by Crippen LogP contribution is 2.48. The fourth-order valence-electron chi connectivity index (χ4n) is 4.51. The third-order valence-corrected chi connectivity index (χ3v) is 7.32. The molecule has 184 valence electrons. The number of benzene rings is 1. The molecule has 1 aliphatic carbocycles. The highest BCUT2D eigenvalue weighted by molar-refractivity contribution is 9.10. The quantitative estimate of drug-likeness (QED) is 0.216. The molecule has 0 radical (unpaired) electrons. The van der Waals surface area contributed by atoms with E-state index in [1.165, 1.54) is 0 Å². The van der Waals surface area contributed by atoms with Crippen molar-refractivity contribution in [3.05, 3.63) is 69.6 Å². The van der Waals surface area contributed by atoms with Gasteiger partial charge in [-0.15, -0.1) is 5.10 Å². The Labute approximate surface area is 220 Å². The minimum absolute atomic E-state index is 0.284. The molecule has 0 saturated carbocycles. The summed E-state index contributed by atoms with van der Waals surface area (Å²) in [4.78, 5) is 15.7. The Morgan fingerprint density at radius 2 is 2.03 bits per heavy atom. The van der Waals surface area contributed by atoms with Crippen LogP contribution in [0, 0.1) is 0 Å². The summed E-state index contributed by atoms with van der Waals surface area (Å²) >= 11 is 10.4. The summed E-state index contributed by atoms with van der Waals surface area (Å²) in [7, 11) is 0. The third-order valence-electron chi connectivity index (χ3n) is 6.19. The van der Waals surface area contributed by atoms with Gasteiger partial charge < -0.3 is 14.3 Å². The predicted molar refractivity (Wildman–Crippen MR) is 139 cm³/mol. The van der Waals surface area contributed by atoms with E-state index in [9.17, 15) is 4.79 Å². The number of amides is 1. The average molecular weight is 569 g/mol. The summed E-state index contributed by atoms with van der Waals surface area (Å²) in [6.07, 6.45) is 6.86. The number of tetrazole rings is 1. The topological polar surface area (TPSA) is 115 Å². The first kappa shape index (κ1) is 24.2. The second kappa shape index (κ2) is 10.6. The predicted octanol–water partition coefficient (Wildman–Crippen LogP) is 5.48. The van der Waals surface area contributed by atoms with Crippen molar-refractivity contribution in [2.45, 2.75) is 39.3 Å². The van der Waals surface area contributed by atoms with E-state index in [0.717, 1.165) is 68.6 Å². The van der Waals surface area contributed by atoms with Crippen molar-refractivity contribution < 1.29 is 9.21 Å². The molecule has 1 aliphatic heterocycles. The van der Waals surface area contributed by atoms with Crippen molar-refractivity contribution in [1.82, 2.24) is 35.5 Å². The molecule has 0 fully saturated rings. The molecule has 11 heteroatoms. The number of carbonyl (C=O) groups is 1. The van der Waals surface area contributed by atoms with Crippen LogP contribution in [0.1, 0.15) is 36.8 Å². The molecule has 1 aromatic carbocycles. The lowest BCUT2D eigenvalue weighted by Gasteiger charge is -2.16. The van der Waals surface area contributed by atoms with E-state index in [2.05, 4.69) is 58.3 Å². The van der Waals surface area contributed by atoms with Gasteiger partial charge in [-0.1, -0.05) is 49.2 Å². The number of nitrogens with zero attached hydrogens (tertiary/aromatic N) is 5. The molecular weight excluding hydrogens is 546 g/mol. The number of fused-ring (bicyclic) bond motifs is 1. The molecule has 3 heterocycles. The number of aryl methyl sites for hydroxylation is 1. The molecule has 0 atom stereocenters. The summed E-state index contributed by atoms with van der Waals surface area (Å²) in [6.45, 7) is 2.92. The van der Waals surface area contributed by atoms with Gasteiger partial charge in [0, 0.05) is 27.6 Å². The van der Waals surface area contributed by atoms with Gasteiger partial charge in [-0.2, -0.15) is 0 Å². The van der Waals surface area contributed by atoms with E-state index >= 15 is 0 Å². The zero-order valence-electron chi connectivity index (χ0n) is 19.5. The maximum Gasteiger partial charge on any atom is 0.207 e. The largest absolute Gasteiger partial charge is 0.472 e. The lowest BCUT2D eigenvalue weighted by molar-refractivity contribution is -0.109. The molecule has 0 bridgehead atoms. The Morgan fingerprint density at radius 3 is 2.78 bits per heavy atom. The van der Waals surface area contributed by atoms with E-state index in [1.54, 1.807) is 12.5 Å². The number of hydrogen-bond acceptors (Lipinski definition) is 6. The Balaban J connectivity index is 1.72. The molecule has 2 N–H and O–H groups in total. The number of aromatic nitrogens is 6. The van der Waals surface area contributed by atoms with Crippen molar-refractivity contribution in [2.75, 3.05) is 0 Å². The Kier molecular flexibility index (Phi) is 7.15. The number of halogens is 2. The average Bonchev–Trinajstić information content (AvgIpc) is 3.60. The minimum Gasteiger partial charge on any atom is -0.472 e. The van der Waals surface area contributed by atoms with Crippen LogP contribution in [-0.2, 0) is 24.3 Å². The van der Waals surface area contributed by atoms with Crippen molar-refractivity contribution in [3.8, 4) is 33.6 Å². The number of unbranched alkanes of at least 4 members (excludes halogenated alkanes) is 1. The summed E-state index contributed by atoms with van der Waals surface area (Å²) in [5, 5.41) is 17.7. The van der Waals surface area contributed by atoms with Crippen molar-refractivity contribution >= 4 is 33.9 Å². The van der Waals surface area contributed by atoms with E-state index < -0.39 is 0 Å². The molecular formula is C25H23BrClN7O2. The first-order valence-corrected chi connectivity index (χ1v) is 12.7. The molecule has 3 aromatic rings. The van der Waals surface area contributed by atoms with E-state index in [1.807, 2.05) is 30.3 Å². The van der Waals surface area contributed by atoms with Crippen LogP contribution in [0.2, 0.25) is 5.15 Å².